The summed E-state index contributed by atoms with van der Waals surface area (Å²) in [6, 6.07) is 11.8. The molecule has 0 aliphatic heterocycles. The number of ether oxygens (including phenoxy) is 3. The minimum Gasteiger partial charge on any atom is -0.493 e. The Morgan fingerprint density at radius 2 is 1.85 bits per heavy atom. The fourth-order valence-corrected chi connectivity index (χ4v) is 2.61. The van der Waals surface area contributed by atoms with E-state index in [-0.39, 0.29) is 18.6 Å². The van der Waals surface area contributed by atoms with Crippen LogP contribution in [0, 0.1) is 0 Å². The molecule has 26 heavy (non-hydrogen) atoms. The molecule has 0 aliphatic rings. The van der Waals surface area contributed by atoms with Crippen molar-refractivity contribution in [2.45, 2.75) is 13.0 Å². The van der Waals surface area contributed by atoms with Crippen LogP contribution in [-0.4, -0.2) is 32.7 Å². The van der Waals surface area contributed by atoms with Crippen LogP contribution in [0.15, 0.2) is 42.5 Å². The number of carbonyl (C=O) groups is 2. The van der Waals surface area contributed by atoms with Crippen LogP contribution in [0.4, 0.5) is 0 Å². The van der Waals surface area contributed by atoms with E-state index in [1.54, 1.807) is 24.3 Å². The Labute approximate surface area is 157 Å². The Balaban J connectivity index is 2.11. The number of rotatable bonds is 7. The molecule has 0 heterocycles. The Kier molecular flexibility index (Phi) is 6.86. The van der Waals surface area contributed by atoms with Crippen molar-refractivity contribution in [2.75, 3.05) is 20.8 Å². The highest BCUT2D eigenvalue weighted by Crippen LogP contribution is 2.29. The number of hydrogen-bond acceptors (Lipinski definition) is 5. The first-order valence-electron chi connectivity index (χ1n) is 7.89. The second-order valence-electron chi connectivity index (χ2n) is 5.45. The van der Waals surface area contributed by atoms with Crippen molar-refractivity contribution in [3.05, 3.63) is 58.6 Å². The Morgan fingerprint density at radius 1 is 1.12 bits per heavy atom. The number of methoxy groups -OCH3 is 2. The van der Waals surface area contributed by atoms with Crippen molar-refractivity contribution < 1.29 is 23.8 Å². The molecule has 0 aromatic heterocycles. The molecule has 0 bridgehead atoms. The predicted molar refractivity (Wildman–Crippen MR) is 97.8 cm³/mol. The molecule has 0 fully saturated rings. The van der Waals surface area contributed by atoms with Crippen molar-refractivity contribution in [1.29, 1.82) is 0 Å². The summed E-state index contributed by atoms with van der Waals surface area (Å²) in [4.78, 5) is 23.7. The maximum absolute atomic E-state index is 12.5. The van der Waals surface area contributed by atoms with E-state index in [9.17, 15) is 9.59 Å². The molecule has 2 rings (SSSR count). The number of esters is 1. The summed E-state index contributed by atoms with van der Waals surface area (Å²) in [7, 11) is 2.73. The van der Waals surface area contributed by atoms with E-state index in [0.717, 1.165) is 5.56 Å². The molecule has 0 aliphatic carbocycles. The summed E-state index contributed by atoms with van der Waals surface area (Å²) < 4.78 is 15.1. The lowest BCUT2D eigenvalue weighted by molar-refractivity contribution is -0.142. The standard InChI is InChI=1S/C19H20ClNO5/c1-12(14-6-4-5-7-15(14)20)21-19(23)13-8-9-16(17(10-13)24-2)26-11-18(22)25-3/h4-10,12H,11H2,1-3H3,(H,21,23). The third-order valence-corrected chi connectivity index (χ3v) is 4.06. The average Bonchev–Trinajstić information content (AvgIpc) is 2.65. The summed E-state index contributed by atoms with van der Waals surface area (Å²) in [5, 5.41) is 3.48. The van der Waals surface area contributed by atoms with Gasteiger partial charge in [0.2, 0.25) is 0 Å². The van der Waals surface area contributed by atoms with Gasteiger partial charge in [-0.15, -0.1) is 0 Å². The van der Waals surface area contributed by atoms with Crippen LogP contribution in [0.3, 0.4) is 0 Å². The van der Waals surface area contributed by atoms with E-state index in [1.165, 1.54) is 14.2 Å². The largest absolute Gasteiger partial charge is 0.493 e. The smallest absolute Gasteiger partial charge is 0.343 e. The molecule has 2 aromatic rings. The Hall–Kier alpha value is -2.73. The third-order valence-electron chi connectivity index (χ3n) is 3.72. The molecule has 1 atom stereocenters. The summed E-state index contributed by atoms with van der Waals surface area (Å²) in [5.74, 6) is -0.113. The molecule has 2 aromatic carbocycles. The molecule has 0 radical (unpaired) electrons. The first kappa shape index (κ1) is 19.6. The minimum atomic E-state index is -0.512. The number of nitrogens with one attached hydrogen (secondary N) is 1. The van der Waals surface area contributed by atoms with Crippen LogP contribution in [0.1, 0.15) is 28.9 Å². The maximum atomic E-state index is 12.5. The fraction of sp³-hybridized carbons (Fsp3) is 0.263. The van der Waals surface area contributed by atoms with Gasteiger partial charge in [0.05, 0.1) is 20.3 Å². The van der Waals surface area contributed by atoms with Crippen LogP contribution < -0.4 is 14.8 Å². The summed E-state index contributed by atoms with van der Waals surface area (Å²) in [6.45, 7) is 1.60. The van der Waals surface area contributed by atoms with Crippen molar-refractivity contribution >= 4 is 23.5 Å². The summed E-state index contributed by atoms with van der Waals surface area (Å²) in [6.07, 6.45) is 0. The first-order valence-corrected chi connectivity index (χ1v) is 8.27. The van der Waals surface area contributed by atoms with Gasteiger partial charge in [-0.25, -0.2) is 4.79 Å². The average molecular weight is 378 g/mol. The van der Waals surface area contributed by atoms with E-state index in [0.29, 0.717) is 22.1 Å². The van der Waals surface area contributed by atoms with Crippen molar-refractivity contribution in [3.8, 4) is 11.5 Å². The predicted octanol–water partition coefficient (Wildman–Crippen LogP) is 3.39. The van der Waals surface area contributed by atoms with Gasteiger partial charge in [-0.05, 0) is 36.8 Å². The van der Waals surface area contributed by atoms with E-state index >= 15 is 0 Å². The van der Waals surface area contributed by atoms with Crippen molar-refractivity contribution in [3.63, 3.8) is 0 Å². The molecule has 0 saturated heterocycles. The van der Waals surface area contributed by atoms with Gasteiger partial charge in [-0.1, -0.05) is 29.8 Å². The fourth-order valence-electron chi connectivity index (χ4n) is 2.31. The second-order valence-corrected chi connectivity index (χ2v) is 5.85. The van der Waals surface area contributed by atoms with E-state index in [1.807, 2.05) is 25.1 Å². The normalized spacial score (nSPS) is 11.4. The topological polar surface area (TPSA) is 73.9 Å². The lowest BCUT2D eigenvalue weighted by Gasteiger charge is -2.16. The molecule has 6 nitrogen and oxygen atoms in total. The van der Waals surface area contributed by atoms with Crippen molar-refractivity contribution in [2.24, 2.45) is 0 Å². The van der Waals surface area contributed by atoms with Crippen LogP contribution in [-0.2, 0) is 9.53 Å². The second kappa shape index (κ2) is 9.10. The highest BCUT2D eigenvalue weighted by Gasteiger charge is 2.16. The quantitative estimate of drug-likeness (QED) is 0.748. The van der Waals surface area contributed by atoms with Crippen LogP contribution in [0.2, 0.25) is 5.02 Å². The minimum absolute atomic E-state index is 0.248. The maximum Gasteiger partial charge on any atom is 0.343 e. The molecular formula is C19H20ClNO5. The summed E-state index contributed by atoms with van der Waals surface area (Å²) >= 11 is 6.16. The van der Waals surface area contributed by atoms with Gasteiger partial charge in [0.15, 0.2) is 18.1 Å². The molecular weight excluding hydrogens is 358 g/mol. The van der Waals surface area contributed by atoms with Crippen LogP contribution in [0.5, 0.6) is 11.5 Å². The van der Waals surface area contributed by atoms with Gasteiger partial charge >= 0.3 is 5.97 Å². The molecule has 138 valence electrons. The number of benzene rings is 2. The molecule has 1 unspecified atom stereocenters. The highest BCUT2D eigenvalue weighted by atomic mass is 35.5. The Morgan fingerprint density at radius 3 is 2.50 bits per heavy atom. The first-order chi connectivity index (χ1) is 12.5. The van der Waals surface area contributed by atoms with Gasteiger partial charge in [0.1, 0.15) is 0 Å². The van der Waals surface area contributed by atoms with Crippen LogP contribution in [0.25, 0.3) is 0 Å². The number of amides is 1. The zero-order chi connectivity index (χ0) is 19.1. The zero-order valence-electron chi connectivity index (χ0n) is 14.7. The van der Waals surface area contributed by atoms with Gasteiger partial charge in [-0.3, -0.25) is 4.79 Å². The highest BCUT2D eigenvalue weighted by molar-refractivity contribution is 6.31. The van der Waals surface area contributed by atoms with Gasteiger partial charge < -0.3 is 19.5 Å². The van der Waals surface area contributed by atoms with E-state index < -0.39 is 5.97 Å². The van der Waals surface area contributed by atoms with E-state index in [2.05, 4.69) is 10.1 Å². The number of hydrogen-bond donors (Lipinski definition) is 1. The molecule has 1 amide bonds. The van der Waals surface area contributed by atoms with Gasteiger partial charge in [0, 0.05) is 10.6 Å². The lowest BCUT2D eigenvalue weighted by atomic mass is 10.1. The van der Waals surface area contributed by atoms with E-state index in [4.69, 9.17) is 21.1 Å². The van der Waals surface area contributed by atoms with Gasteiger partial charge in [0.25, 0.3) is 5.91 Å². The monoisotopic (exact) mass is 377 g/mol. The number of halogens is 1. The van der Waals surface area contributed by atoms with Crippen LogP contribution >= 0.6 is 11.6 Å². The molecule has 0 saturated carbocycles. The number of carbonyl (C=O) groups excluding carboxylic acids is 2. The lowest BCUT2D eigenvalue weighted by Crippen LogP contribution is -2.26. The zero-order valence-corrected chi connectivity index (χ0v) is 15.5. The summed E-state index contributed by atoms with van der Waals surface area (Å²) in [5.41, 5.74) is 1.22. The molecule has 1 N–H and O–H groups in total. The van der Waals surface area contributed by atoms with Gasteiger partial charge in [-0.2, -0.15) is 0 Å². The molecule has 7 heteroatoms. The Bertz CT molecular complexity index is 793. The SMILES string of the molecule is COC(=O)COc1ccc(C(=O)NC(C)c2ccccc2Cl)cc1OC. The third kappa shape index (κ3) is 4.89. The van der Waals surface area contributed by atoms with Crippen molar-refractivity contribution in [1.82, 2.24) is 5.32 Å². The molecule has 0 spiro atoms.